The van der Waals surface area contributed by atoms with Crippen LogP contribution < -0.4 is 10.6 Å². The molecule has 8 unspecified atom stereocenters. The van der Waals surface area contributed by atoms with Gasteiger partial charge in [-0.3, -0.25) is 34.2 Å². The SMILES string of the molecule is CCC(C)C(C(CC(=O)N1CCCC1C(OC)C(C)C(=O)NC(CC#N)Cc1cccc([N+](=O)[O-])c1)OC)N(C)C(=O)CNC(=O)C(C(C)C)N(C)C. The highest BCUT2D eigenvalue weighted by Crippen LogP contribution is 2.29. The third-order valence-corrected chi connectivity index (χ3v) is 10.5. The van der Waals surface area contributed by atoms with Gasteiger partial charge in [0.15, 0.2) is 0 Å². The van der Waals surface area contributed by atoms with E-state index in [1.165, 1.54) is 26.4 Å². The van der Waals surface area contributed by atoms with Crippen LogP contribution in [0, 0.1) is 39.2 Å². The molecule has 1 aromatic carbocycles. The number of non-ortho nitro benzene ring substituents is 1. The molecule has 1 aromatic rings. The number of nitrogens with zero attached hydrogens (tertiary/aromatic N) is 5. The lowest BCUT2D eigenvalue weighted by molar-refractivity contribution is -0.384. The summed E-state index contributed by atoms with van der Waals surface area (Å²) in [6.07, 6.45) is 0.973. The first kappa shape index (κ1) is 45.0. The van der Waals surface area contributed by atoms with Gasteiger partial charge in [0.05, 0.1) is 66.6 Å². The number of benzene rings is 1. The summed E-state index contributed by atoms with van der Waals surface area (Å²) in [4.78, 5) is 69.9. The maximum Gasteiger partial charge on any atom is 0.269 e. The summed E-state index contributed by atoms with van der Waals surface area (Å²) in [5.41, 5.74) is 0.546. The van der Waals surface area contributed by atoms with Crippen LogP contribution >= 0.6 is 0 Å². The van der Waals surface area contributed by atoms with Crippen LogP contribution in [0.3, 0.4) is 0 Å². The van der Waals surface area contributed by atoms with Gasteiger partial charge < -0.3 is 29.9 Å². The first-order valence-corrected chi connectivity index (χ1v) is 18.5. The van der Waals surface area contributed by atoms with Crippen LogP contribution in [0.5, 0.6) is 0 Å². The average Bonchev–Trinajstić information content (AvgIpc) is 3.59. The van der Waals surface area contributed by atoms with Gasteiger partial charge in [0.2, 0.25) is 23.6 Å². The molecule has 0 aromatic heterocycles. The Hall–Kier alpha value is -4.13. The van der Waals surface area contributed by atoms with Gasteiger partial charge in [-0.25, -0.2) is 0 Å². The van der Waals surface area contributed by atoms with Crippen LogP contribution in [0.1, 0.15) is 72.3 Å². The Bertz CT molecular complexity index is 1430. The summed E-state index contributed by atoms with van der Waals surface area (Å²) in [6.45, 7) is 9.91. The molecule has 2 N–H and O–H groups in total. The van der Waals surface area contributed by atoms with Crippen molar-refractivity contribution in [3.8, 4) is 6.07 Å². The number of hydrogen-bond acceptors (Lipinski definition) is 10. The number of rotatable bonds is 21. The van der Waals surface area contributed by atoms with Crippen molar-refractivity contribution in [2.45, 2.75) is 110 Å². The second kappa shape index (κ2) is 21.5. The van der Waals surface area contributed by atoms with Crippen molar-refractivity contribution in [1.29, 1.82) is 5.26 Å². The molecule has 296 valence electrons. The van der Waals surface area contributed by atoms with E-state index in [1.54, 1.807) is 35.9 Å². The Morgan fingerprint density at radius 1 is 1.09 bits per heavy atom. The van der Waals surface area contributed by atoms with Crippen molar-refractivity contribution < 1.29 is 33.6 Å². The van der Waals surface area contributed by atoms with Crippen LogP contribution in [0.15, 0.2) is 24.3 Å². The minimum Gasteiger partial charge on any atom is -0.379 e. The quantitative estimate of drug-likeness (QED) is 0.140. The molecule has 0 aliphatic carbocycles. The summed E-state index contributed by atoms with van der Waals surface area (Å²) >= 11 is 0. The Balaban J connectivity index is 2.19. The molecule has 1 aliphatic rings. The average molecular weight is 744 g/mol. The number of hydrogen-bond donors (Lipinski definition) is 2. The maximum atomic E-state index is 14.0. The van der Waals surface area contributed by atoms with Crippen LogP contribution in [0.4, 0.5) is 5.69 Å². The molecule has 1 saturated heterocycles. The molecule has 2 rings (SSSR count). The van der Waals surface area contributed by atoms with Crippen LogP contribution in [0.2, 0.25) is 0 Å². The van der Waals surface area contributed by atoms with E-state index in [2.05, 4.69) is 16.7 Å². The highest BCUT2D eigenvalue weighted by Gasteiger charge is 2.42. The number of carbonyl (C=O) groups is 4. The van der Waals surface area contributed by atoms with E-state index < -0.39 is 41.2 Å². The second-order valence-electron chi connectivity index (χ2n) is 14.7. The molecule has 53 heavy (non-hydrogen) atoms. The molecule has 0 saturated carbocycles. The molecule has 0 radical (unpaired) electrons. The smallest absolute Gasteiger partial charge is 0.269 e. The van der Waals surface area contributed by atoms with E-state index in [0.717, 1.165) is 6.42 Å². The fraction of sp³-hybridized carbons (Fsp3) is 0.711. The maximum absolute atomic E-state index is 14.0. The minimum absolute atomic E-state index is 0.000459. The lowest BCUT2D eigenvalue weighted by atomic mass is 9.90. The zero-order valence-corrected chi connectivity index (χ0v) is 33.2. The topological polar surface area (TPSA) is 187 Å². The highest BCUT2D eigenvalue weighted by molar-refractivity contribution is 5.87. The molecule has 4 amide bonds. The Morgan fingerprint density at radius 2 is 1.77 bits per heavy atom. The fourth-order valence-electron chi connectivity index (χ4n) is 7.55. The summed E-state index contributed by atoms with van der Waals surface area (Å²) in [6, 6.07) is 6.34. The molecular weight excluding hydrogens is 682 g/mol. The number of nitro benzene ring substituents is 1. The molecule has 1 fully saturated rings. The molecule has 15 heteroatoms. The van der Waals surface area contributed by atoms with Gasteiger partial charge in [0, 0.05) is 46.0 Å². The van der Waals surface area contributed by atoms with Gasteiger partial charge in [0.25, 0.3) is 5.69 Å². The number of likely N-dealkylation sites (tertiary alicyclic amines) is 1. The lowest BCUT2D eigenvalue weighted by Crippen LogP contribution is -2.55. The number of nitrogens with one attached hydrogen (secondary N) is 2. The first-order valence-electron chi connectivity index (χ1n) is 18.5. The van der Waals surface area contributed by atoms with Gasteiger partial charge in [-0.2, -0.15) is 5.26 Å². The van der Waals surface area contributed by atoms with E-state index in [4.69, 9.17) is 9.47 Å². The standard InChI is InChI=1S/C38H61N7O8/c1-11-25(4)35(43(8)33(47)23-40-38(49)34(24(2)3)42(6)7)31(52-9)22-32(46)44-19-13-16-30(44)36(53-10)26(5)37(48)41-28(17-18-39)20-27-14-12-15-29(21-27)45(50)51/h12,14-15,21,24-26,28,30-31,34-36H,11,13,16-17,19-20,22-23H2,1-10H3,(H,40,49)(H,41,48). The molecule has 8 atom stereocenters. The van der Waals surface area contributed by atoms with Crippen LogP contribution in [0.25, 0.3) is 0 Å². The van der Waals surface area contributed by atoms with Crippen molar-refractivity contribution >= 4 is 29.3 Å². The molecule has 1 aliphatic heterocycles. The zero-order chi connectivity index (χ0) is 40.0. The van der Waals surface area contributed by atoms with Gasteiger partial charge in [-0.05, 0) is 50.8 Å². The zero-order valence-electron chi connectivity index (χ0n) is 33.2. The van der Waals surface area contributed by atoms with Crippen molar-refractivity contribution in [2.24, 2.45) is 17.8 Å². The van der Waals surface area contributed by atoms with Gasteiger partial charge in [-0.1, -0.05) is 53.2 Å². The fourth-order valence-corrected chi connectivity index (χ4v) is 7.55. The third-order valence-electron chi connectivity index (χ3n) is 10.5. The minimum atomic E-state index is -0.697. The summed E-state index contributed by atoms with van der Waals surface area (Å²) in [5, 5.41) is 26.4. The number of methoxy groups -OCH3 is 2. The van der Waals surface area contributed by atoms with Crippen LogP contribution in [-0.2, 0) is 35.1 Å². The Kier molecular flexibility index (Phi) is 18.3. The van der Waals surface area contributed by atoms with Crippen molar-refractivity contribution in [3.63, 3.8) is 0 Å². The Morgan fingerprint density at radius 3 is 2.32 bits per heavy atom. The second-order valence-corrected chi connectivity index (χ2v) is 14.7. The number of nitro groups is 1. The third kappa shape index (κ3) is 12.5. The normalized spacial score (nSPS) is 18.3. The van der Waals surface area contributed by atoms with Gasteiger partial charge >= 0.3 is 0 Å². The number of nitriles is 1. The molecule has 0 spiro atoms. The summed E-state index contributed by atoms with van der Waals surface area (Å²) in [7, 11) is 8.35. The van der Waals surface area contributed by atoms with E-state index in [-0.39, 0.29) is 73.0 Å². The predicted octanol–water partition coefficient (Wildman–Crippen LogP) is 3.16. The summed E-state index contributed by atoms with van der Waals surface area (Å²) in [5.74, 6) is -1.75. The molecule has 15 nitrogen and oxygen atoms in total. The number of carbonyl (C=O) groups excluding carboxylic acids is 4. The van der Waals surface area contributed by atoms with Crippen molar-refractivity contribution in [2.75, 3.05) is 48.5 Å². The van der Waals surface area contributed by atoms with E-state index in [1.807, 2.05) is 46.7 Å². The van der Waals surface area contributed by atoms with Gasteiger partial charge in [0.1, 0.15) is 0 Å². The number of likely N-dealkylation sites (N-methyl/N-ethyl adjacent to an activating group) is 2. The van der Waals surface area contributed by atoms with E-state index in [0.29, 0.717) is 24.9 Å². The van der Waals surface area contributed by atoms with E-state index >= 15 is 0 Å². The first-order chi connectivity index (χ1) is 25.0. The van der Waals surface area contributed by atoms with Crippen molar-refractivity contribution in [1.82, 2.24) is 25.3 Å². The predicted molar refractivity (Wildman–Crippen MR) is 200 cm³/mol. The number of ether oxygens (including phenoxy) is 2. The number of amides is 4. The van der Waals surface area contributed by atoms with Crippen molar-refractivity contribution in [3.05, 3.63) is 39.9 Å². The summed E-state index contributed by atoms with van der Waals surface area (Å²) < 4.78 is 11.8. The Labute approximate surface area is 314 Å². The molecule has 1 heterocycles. The molecule has 0 bridgehead atoms. The molecular formula is C38H61N7O8. The van der Waals surface area contributed by atoms with Gasteiger partial charge in [-0.15, -0.1) is 0 Å². The largest absolute Gasteiger partial charge is 0.379 e. The highest BCUT2D eigenvalue weighted by atomic mass is 16.6. The monoisotopic (exact) mass is 743 g/mol. The van der Waals surface area contributed by atoms with E-state index in [9.17, 15) is 34.6 Å². The van der Waals surface area contributed by atoms with Crippen LogP contribution in [-0.4, -0.2) is 128 Å². The lowest BCUT2D eigenvalue weighted by Gasteiger charge is -2.39.